The van der Waals surface area contributed by atoms with Gasteiger partial charge in [0, 0.05) is 6.42 Å². The molecule has 4 nitrogen and oxygen atoms in total. The first kappa shape index (κ1) is 15.4. The van der Waals surface area contributed by atoms with E-state index in [9.17, 15) is 17.9 Å². The van der Waals surface area contributed by atoms with E-state index < -0.39 is 31.8 Å². The Morgan fingerprint density at radius 1 is 1.32 bits per heavy atom. The first-order valence-electron chi connectivity index (χ1n) is 7.48. The summed E-state index contributed by atoms with van der Waals surface area (Å²) < 4.78 is 37.8. The third kappa shape index (κ3) is 2.64. The summed E-state index contributed by atoms with van der Waals surface area (Å²) in [5.41, 5.74) is -0.361. The van der Waals surface area contributed by atoms with Gasteiger partial charge in [-0.15, -0.1) is 0 Å². The molecule has 22 heavy (non-hydrogen) atoms. The molecule has 0 radical (unpaired) electrons. The minimum Gasteiger partial charge on any atom is -0.389 e. The quantitative estimate of drug-likeness (QED) is 0.904. The topological polar surface area (TPSA) is 78.2 Å². The van der Waals surface area contributed by atoms with Gasteiger partial charge in [0.1, 0.15) is 5.82 Å². The summed E-state index contributed by atoms with van der Waals surface area (Å²) in [5, 5.41) is 19.0. The van der Waals surface area contributed by atoms with Gasteiger partial charge in [0.15, 0.2) is 9.84 Å². The van der Waals surface area contributed by atoms with Gasteiger partial charge in [-0.3, -0.25) is 0 Å². The molecule has 2 aliphatic heterocycles. The van der Waals surface area contributed by atoms with E-state index >= 15 is 0 Å². The monoisotopic (exact) mass is 323 g/mol. The zero-order chi connectivity index (χ0) is 16.0. The smallest absolute Gasteiger partial charge is 0.156 e. The molecule has 2 bridgehead atoms. The molecule has 1 aromatic carbocycles. The van der Waals surface area contributed by atoms with E-state index in [1.807, 2.05) is 6.07 Å². The van der Waals surface area contributed by atoms with Crippen LogP contribution >= 0.6 is 0 Å². The van der Waals surface area contributed by atoms with Gasteiger partial charge in [0.25, 0.3) is 0 Å². The zero-order valence-electron chi connectivity index (χ0n) is 12.1. The van der Waals surface area contributed by atoms with Gasteiger partial charge < -0.3 is 5.11 Å². The standard InChI is InChI=1S/C16H18FNO3S/c17-13-5-4-11(12(6-13)10-18)7-16(19)8-14-2-1-3-15(9-16)22(14,20)21/h4-6,14-15,19H,1-3,7-9H2. The second kappa shape index (κ2) is 5.32. The number of sulfone groups is 1. The van der Waals surface area contributed by atoms with Crippen molar-refractivity contribution in [3.05, 3.63) is 35.1 Å². The van der Waals surface area contributed by atoms with E-state index in [4.69, 9.17) is 5.26 Å². The van der Waals surface area contributed by atoms with Crippen molar-refractivity contribution in [3.63, 3.8) is 0 Å². The Bertz CT molecular complexity index is 718. The summed E-state index contributed by atoms with van der Waals surface area (Å²) >= 11 is 0. The molecule has 0 spiro atoms. The van der Waals surface area contributed by atoms with Gasteiger partial charge in [0.05, 0.1) is 27.7 Å². The molecule has 2 unspecified atom stereocenters. The van der Waals surface area contributed by atoms with E-state index in [-0.39, 0.29) is 24.8 Å². The molecule has 2 fully saturated rings. The Balaban J connectivity index is 1.89. The van der Waals surface area contributed by atoms with Crippen LogP contribution < -0.4 is 0 Å². The van der Waals surface area contributed by atoms with Crippen LogP contribution in [0.15, 0.2) is 18.2 Å². The predicted molar refractivity (Wildman–Crippen MR) is 79.3 cm³/mol. The minimum absolute atomic E-state index is 0.193. The Morgan fingerprint density at radius 2 is 1.95 bits per heavy atom. The van der Waals surface area contributed by atoms with Crippen LogP contribution in [0.25, 0.3) is 0 Å². The number of hydrogen-bond donors (Lipinski definition) is 1. The molecule has 2 atom stereocenters. The average Bonchev–Trinajstić information content (AvgIpc) is 2.43. The maximum atomic E-state index is 13.2. The van der Waals surface area contributed by atoms with Crippen molar-refractivity contribution in [2.75, 3.05) is 0 Å². The third-order valence-corrected chi connectivity index (χ3v) is 7.57. The Kier molecular flexibility index (Phi) is 3.74. The fourth-order valence-corrected chi connectivity index (χ4v) is 6.47. The van der Waals surface area contributed by atoms with Crippen molar-refractivity contribution >= 4 is 9.84 Å². The lowest BCUT2D eigenvalue weighted by molar-refractivity contribution is 0.00982. The van der Waals surface area contributed by atoms with E-state index in [0.717, 1.165) is 12.5 Å². The van der Waals surface area contributed by atoms with Gasteiger partial charge >= 0.3 is 0 Å². The fourth-order valence-electron chi connectivity index (χ4n) is 3.85. The summed E-state index contributed by atoms with van der Waals surface area (Å²) in [7, 11) is -3.14. The van der Waals surface area contributed by atoms with E-state index in [1.165, 1.54) is 12.1 Å². The number of nitrogens with zero attached hydrogens (tertiary/aromatic N) is 1. The van der Waals surface area contributed by atoms with E-state index in [1.54, 1.807) is 0 Å². The van der Waals surface area contributed by atoms with Crippen LogP contribution in [0.3, 0.4) is 0 Å². The third-order valence-electron chi connectivity index (χ3n) is 4.91. The van der Waals surface area contributed by atoms with Crippen LogP contribution in [0.2, 0.25) is 0 Å². The SMILES string of the molecule is N#Cc1cc(F)ccc1CC1(O)CC2CCCC(C1)S2(=O)=O. The molecule has 6 heteroatoms. The van der Waals surface area contributed by atoms with Crippen molar-refractivity contribution in [3.8, 4) is 6.07 Å². The van der Waals surface area contributed by atoms with Gasteiger partial charge in [-0.2, -0.15) is 5.26 Å². The molecule has 2 heterocycles. The lowest BCUT2D eigenvalue weighted by Crippen LogP contribution is -2.52. The largest absolute Gasteiger partial charge is 0.389 e. The van der Waals surface area contributed by atoms with Gasteiger partial charge in [-0.05, 0) is 43.4 Å². The highest BCUT2D eigenvalue weighted by molar-refractivity contribution is 7.92. The van der Waals surface area contributed by atoms with Crippen LogP contribution in [-0.2, 0) is 16.3 Å². The highest BCUT2D eigenvalue weighted by Crippen LogP contribution is 2.42. The van der Waals surface area contributed by atoms with Gasteiger partial charge in [-0.1, -0.05) is 12.5 Å². The van der Waals surface area contributed by atoms with E-state index in [2.05, 4.69) is 0 Å². The summed E-state index contributed by atoms with van der Waals surface area (Å²) in [6.45, 7) is 0. The number of aliphatic hydroxyl groups is 1. The van der Waals surface area contributed by atoms with Gasteiger partial charge in [-0.25, -0.2) is 12.8 Å². The Hall–Kier alpha value is -1.45. The number of halogens is 1. The number of hydrogen-bond acceptors (Lipinski definition) is 4. The second-order valence-corrected chi connectivity index (χ2v) is 9.00. The summed E-state index contributed by atoms with van der Waals surface area (Å²) in [4.78, 5) is 0. The number of rotatable bonds is 2. The molecule has 118 valence electrons. The zero-order valence-corrected chi connectivity index (χ0v) is 12.9. The number of benzene rings is 1. The van der Waals surface area contributed by atoms with Crippen LogP contribution in [-0.4, -0.2) is 29.6 Å². The van der Waals surface area contributed by atoms with Crippen molar-refractivity contribution in [1.82, 2.24) is 0 Å². The highest BCUT2D eigenvalue weighted by Gasteiger charge is 2.50. The summed E-state index contributed by atoms with van der Waals surface area (Å²) in [6.07, 6.45) is 2.66. The molecule has 2 aliphatic rings. The van der Waals surface area contributed by atoms with Crippen molar-refractivity contribution in [2.45, 2.75) is 54.6 Å². The van der Waals surface area contributed by atoms with Crippen LogP contribution in [0, 0.1) is 17.1 Å². The van der Waals surface area contributed by atoms with Crippen molar-refractivity contribution < 1.29 is 17.9 Å². The van der Waals surface area contributed by atoms with Crippen LogP contribution in [0.5, 0.6) is 0 Å². The van der Waals surface area contributed by atoms with Crippen LogP contribution in [0.1, 0.15) is 43.2 Å². The summed E-state index contributed by atoms with van der Waals surface area (Å²) in [6, 6.07) is 5.86. The predicted octanol–water partition coefficient (Wildman–Crippen LogP) is 2.10. The Morgan fingerprint density at radius 3 is 2.55 bits per heavy atom. The molecule has 1 aromatic rings. The minimum atomic E-state index is -3.14. The molecule has 0 aliphatic carbocycles. The molecule has 2 saturated heterocycles. The lowest BCUT2D eigenvalue weighted by Gasteiger charge is -2.44. The fraction of sp³-hybridized carbons (Fsp3) is 0.562. The maximum absolute atomic E-state index is 13.2. The van der Waals surface area contributed by atoms with Crippen molar-refractivity contribution in [2.24, 2.45) is 0 Å². The van der Waals surface area contributed by atoms with Crippen LogP contribution in [0.4, 0.5) is 4.39 Å². The first-order valence-corrected chi connectivity index (χ1v) is 9.09. The first-order chi connectivity index (χ1) is 10.3. The van der Waals surface area contributed by atoms with Gasteiger partial charge in [0.2, 0.25) is 0 Å². The number of fused-ring (bicyclic) bond motifs is 2. The summed E-state index contributed by atoms with van der Waals surface area (Å²) in [5.74, 6) is -0.490. The highest BCUT2D eigenvalue weighted by atomic mass is 32.2. The molecular weight excluding hydrogens is 305 g/mol. The molecule has 0 saturated carbocycles. The molecule has 1 N–H and O–H groups in total. The molecule has 0 aromatic heterocycles. The Labute approximate surface area is 129 Å². The molecular formula is C16H18FNO3S. The van der Waals surface area contributed by atoms with Crippen molar-refractivity contribution in [1.29, 1.82) is 5.26 Å². The average molecular weight is 323 g/mol. The maximum Gasteiger partial charge on any atom is 0.156 e. The molecule has 0 amide bonds. The number of nitriles is 1. The second-order valence-electron chi connectivity index (χ2n) is 6.49. The normalized spacial score (nSPS) is 33.1. The molecule has 3 rings (SSSR count). The van der Waals surface area contributed by atoms with E-state index in [0.29, 0.717) is 18.4 Å². The lowest BCUT2D eigenvalue weighted by atomic mass is 9.80.